The summed E-state index contributed by atoms with van der Waals surface area (Å²) in [4.78, 5) is 15.8. The number of anilines is 1. The molecule has 3 nitrogen and oxygen atoms in total. The van der Waals surface area contributed by atoms with Gasteiger partial charge < -0.3 is 0 Å². The molecular weight excluding hydrogens is 306 g/mol. The first-order valence-corrected chi connectivity index (χ1v) is 7.23. The molecule has 3 rings (SSSR count). The molecule has 6 heteroatoms. The number of thiazole rings is 1. The molecule has 0 aliphatic rings. The number of hydrogen-bond acceptors (Lipinski definition) is 3. The number of carbonyl (C=O) groups excluding carboxylic acids is 1. The molecule has 110 valence electrons. The minimum atomic E-state index is -0.744. The molecule has 0 fully saturated rings. The Morgan fingerprint density at radius 1 is 1.18 bits per heavy atom. The van der Waals surface area contributed by atoms with Crippen molar-refractivity contribution in [2.24, 2.45) is 0 Å². The van der Waals surface area contributed by atoms with E-state index in [1.165, 1.54) is 12.1 Å². The fourth-order valence-electron chi connectivity index (χ4n) is 1.89. The van der Waals surface area contributed by atoms with Gasteiger partial charge in [-0.1, -0.05) is 41.7 Å². The lowest BCUT2D eigenvalue weighted by molar-refractivity contribution is -0.111. The van der Waals surface area contributed by atoms with Gasteiger partial charge in [-0.05, 0) is 17.7 Å². The molecule has 1 N–H and O–H groups in total. The Morgan fingerprint density at radius 3 is 2.73 bits per heavy atom. The maximum atomic E-state index is 13.5. The Kier molecular flexibility index (Phi) is 3.93. The van der Waals surface area contributed by atoms with Crippen molar-refractivity contribution >= 4 is 38.7 Å². The number of nitrogens with zero attached hydrogens (tertiary/aromatic N) is 1. The summed E-state index contributed by atoms with van der Waals surface area (Å²) in [6.07, 6.45) is 3.02. The van der Waals surface area contributed by atoms with Gasteiger partial charge in [0.15, 0.2) is 10.9 Å². The van der Waals surface area contributed by atoms with Crippen molar-refractivity contribution in [3.8, 4) is 0 Å². The van der Waals surface area contributed by atoms with E-state index in [0.717, 1.165) is 23.0 Å². The Bertz CT molecular complexity index is 859. The van der Waals surface area contributed by atoms with E-state index in [4.69, 9.17) is 0 Å². The summed E-state index contributed by atoms with van der Waals surface area (Å²) in [6, 6.07) is 11.3. The third-order valence-corrected chi connectivity index (χ3v) is 3.79. The van der Waals surface area contributed by atoms with Crippen LogP contribution in [-0.4, -0.2) is 10.9 Å². The standard InChI is InChI=1S/C16H10F2N2OS/c17-11-8-12(18)15-13(9-11)22-16(20-15)19-14(21)7-6-10-4-2-1-3-5-10/h1-9H,(H,19,20,21)/b7-6-. The quantitative estimate of drug-likeness (QED) is 0.735. The van der Waals surface area contributed by atoms with E-state index in [0.29, 0.717) is 4.70 Å². The Hall–Kier alpha value is -2.60. The van der Waals surface area contributed by atoms with Crippen LogP contribution in [0.5, 0.6) is 0 Å². The van der Waals surface area contributed by atoms with Gasteiger partial charge in [-0.15, -0.1) is 0 Å². The molecule has 0 spiro atoms. The Labute approximate surface area is 128 Å². The van der Waals surface area contributed by atoms with Gasteiger partial charge in [0.25, 0.3) is 0 Å². The van der Waals surface area contributed by atoms with Crippen molar-refractivity contribution in [2.75, 3.05) is 5.32 Å². The van der Waals surface area contributed by atoms with E-state index < -0.39 is 11.6 Å². The molecule has 0 atom stereocenters. The van der Waals surface area contributed by atoms with Crippen LogP contribution in [0.15, 0.2) is 48.5 Å². The molecule has 0 aliphatic carbocycles. The number of hydrogen-bond donors (Lipinski definition) is 1. The molecule has 0 radical (unpaired) electrons. The van der Waals surface area contributed by atoms with Crippen molar-refractivity contribution in [1.82, 2.24) is 4.98 Å². The zero-order valence-electron chi connectivity index (χ0n) is 11.2. The van der Waals surface area contributed by atoms with E-state index >= 15 is 0 Å². The van der Waals surface area contributed by atoms with Crippen molar-refractivity contribution in [2.45, 2.75) is 0 Å². The number of carbonyl (C=O) groups is 1. The van der Waals surface area contributed by atoms with Crippen molar-refractivity contribution in [3.63, 3.8) is 0 Å². The Balaban J connectivity index is 1.77. The molecule has 22 heavy (non-hydrogen) atoms. The number of halogens is 2. The summed E-state index contributed by atoms with van der Waals surface area (Å²) in [5, 5.41) is 2.77. The predicted octanol–water partition coefficient (Wildman–Crippen LogP) is 4.23. The SMILES string of the molecule is O=C(/C=C\c1ccccc1)Nc1nc2c(F)cc(F)cc2s1. The summed E-state index contributed by atoms with van der Waals surface area (Å²) in [5.41, 5.74) is 0.934. The smallest absolute Gasteiger partial charge is 0.250 e. The van der Waals surface area contributed by atoms with Crippen molar-refractivity contribution in [3.05, 3.63) is 65.7 Å². The highest BCUT2D eigenvalue weighted by Gasteiger charge is 2.11. The first-order valence-electron chi connectivity index (χ1n) is 6.41. The highest BCUT2D eigenvalue weighted by molar-refractivity contribution is 7.22. The summed E-state index contributed by atoms with van der Waals surface area (Å²) in [7, 11) is 0. The lowest BCUT2D eigenvalue weighted by Crippen LogP contribution is -2.07. The fourth-order valence-corrected chi connectivity index (χ4v) is 2.80. The topological polar surface area (TPSA) is 42.0 Å². The zero-order valence-corrected chi connectivity index (χ0v) is 12.0. The van der Waals surface area contributed by atoms with E-state index in [2.05, 4.69) is 10.3 Å². The summed E-state index contributed by atoms with van der Waals surface area (Å²) in [5.74, 6) is -1.80. The van der Waals surface area contributed by atoms with Crippen LogP contribution in [-0.2, 0) is 4.79 Å². The number of benzene rings is 2. The number of amides is 1. The summed E-state index contributed by atoms with van der Waals surface area (Å²) >= 11 is 1.02. The molecular formula is C16H10F2N2OS. The average Bonchev–Trinajstić information content (AvgIpc) is 2.89. The summed E-state index contributed by atoms with van der Waals surface area (Å²) < 4.78 is 27.0. The van der Waals surface area contributed by atoms with Gasteiger partial charge in [0, 0.05) is 12.1 Å². The number of rotatable bonds is 3. The molecule has 0 bridgehead atoms. The van der Waals surface area contributed by atoms with E-state index in [9.17, 15) is 13.6 Å². The molecule has 2 aromatic carbocycles. The maximum Gasteiger partial charge on any atom is 0.250 e. The third kappa shape index (κ3) is 3.17. The Morgan fingerprint density at radius 2 is 1.95 bits per heavy atom. The number of aromatic nitrogens is 1. The highest BCUT2D eigenvalue weighted by atomic mass is 32.1. The minimum Gasteiger partial charge on any atom is -0.298 e. The van der Waals surface area contributed by atoms with E-state index in [-0.39, 0.29) is 16.6 Å². The summed E-state index contributed by atoms with van der Waals surface area (Å²) in [6.45, 7) is 0. The molecule has 1 aromatic heterocycles. The number of nitrogens with one attached hydrogen (secondary N) is 1. The van der Waals surface area contributed by atoms with Crippen LogP contribution in [0.4, 0.5) is 13.9 Å². The molecule has 0 unspecified atom stereocenters. The van der Waals surface area contributed by atoms with Gasteiger partial charge in [0.2, 0.25) is 5.91 Å². The first kappa shape index (κ1) is 14.3. The van der Waals surface area contributed by atoms with Crippen molar-refractivity contribution in [1.29, 1.82) is 0 Å². The van der Waals surface area contributed by atoms with Crippen LogP contribution < -0.4 is 5.32 Å². The lowest BCUT2D eigenvalue weighted by atomic mass is 10.2. The normalized spacial score (nSPS) is 11.2. The molecule has 0 saturated carbocycles. The third-order valence-electron chi connectivity index (χ3n) is 2.87. The maximum absolute atomic E-state index is 13.5. The van der Waals surface area contributed by atoms with Gasteiger partial charge in [-0.3, -0.25) is 10.1 Å². The molecule has 1 amide bonds. The second-order valence-corrected chi connectivity index (χ2v) is 5.52. The molecule has 1 heterocycles. The van der Waals surface area contributed by atoms with Crippen molar-refractivity contribution < 1.29 is 13.6 Å². The first-order chi connectivity index (χ1) is 10.6. The van der Waals surface area contributed by atoms with Crippen LogP contribution in [0.1, 0.15) is 5.56 Å². The fraction of sp³-hybridized carbons (Fsp3) is 0. The average molecular weight is 316 g/mol. The minimum absolute atomic E-state index is 0.0498. The van der Waals surface area contributed by atoms with E-state index in [1.54, 1.807) is 6.08 Å². The van der Waals surface area contributed by atoms with Crippen LogP contribution in [0.25, 0.3) is 16.3 Å². The predicted molar refractivity (Wildman–Crippen MR) is 83.6 cm³/mol. The lowest BCUT2D eigenvalue weighted by Gasteiger charge is -1.95. The van der Waals surface area contributed by atoms with Gasteiger partial charge in [0.05, 0.1) is 4.70 Å². The van der Waals surface area contributed by atoms with Gasteiger partial charge in [0.1, 0.15) is 11.3 Å². The molecule has 0 saturated heterocycles. The van der Waals surface area contributed by atoms with Crippen LogP contribution >= 0.6 is 11.3 Å². The largest absolute Gasteiger partial charge is 0.298 e. The van der Waals surface area contributed by atoms with E-state index in [1.807, 2.05) is 30.3 Å². The van der Waals surface area contributed by atoms with Gasteiger partial charge >= 0.3 is 0 Å². The van der Waals surface area contributed by atoms with Gasteiger partial charge in [-0.25, -0.2) is 13.8 Å². The highest BCUT2D eigenvalue weighted by Crippen LogP contribution is 2.28. The molecule has 0 aliphatic heterocycles. The second kappa shape index (κ2) is 6.03. The van der Waals surface area contributed by atoms with Crippen LogP contribution in [0.2, 0.25) is 0 Å². The molecule has 3 aromatic rings. The van der Waals surface area contributed by atoms with Crippen LogP contribution in [0.3, 0.4) is 0 Å². The van der Waals surface area contributed by atoms with Crippen LogP contribution in [0, 0.1) is 11.6 Å². The second-order valence-electron chi connectivity index (χ2n) is 4.49. The monoisotopic (exact) mass is 316 g/mol. The number of fused-ring (bicyclic) bond motifs is 1. The van der Waals surface area contributed by atoms with Gasteiger partial charge in [-0.2, -0.15) is 0 Å². The zero-order chi connectivity index (χ0) is 15.5.